The van der Waals surface area contributed by atoms with Crippen molar-refractivity contribution in [3.05, 3.63) is 59.1 Å². The zero-order chi connectivity index (χ0) is 17.6. The highest BCUT2D eigenvalue weighted by Crippen LogP contribution is 2.25. The van der Waals surface area contributed by atoms with Gasteiger partial charge in [-0.05, 0) is 36.8 Å². The number of nitrogens with zero attached hydrogens (tertiary/aromatic N) is 4. The Morgan fingerprint density at radius 2 is 1.68 bits per heavy atom. The molecule has 0 bridgehead atoms. The van der Waals surface area contributed by atoms with Crippen molar-refractivity contribution in [3.63, 3.8) is 0 Å². The number of aryl methyl sites for hydroxylation is 1. The quantitative estimate of drug-likeness (QED) is 0.549. The van der Waals surface area contributed by atoms with E-state index in [9.17, 15) is 8.42 Å². The molecule has 128 valence electrons. The van der Waals surface area contributed by atoms with Crippen LogP contribution in [0.3, 0.4) is 0 Å². The summed E-state index contributed by atoms with van der Waals surface area (Å²) in [6, 6.07) is 14.4. The smallest absolute Gasteiger partial charge is 0.256 e. The first-order valence-corrected chi connectivity index (χ1v) is 9.84. The van der Waals surface area contributed by atoms with E-state index in [0.717, 1.165) is 11.0 Å². The second-order valence-corrected chi connectivity index (χ2v) is 8.06. The van der Waals surface area contributed by atoms with E-state index >= 15 is 0 Å². The van der Waals surface area contributed by atoms with Crippen LogP contribution < -0.4 is 0 Å². The van der Waals surface area contributed by atoms with Crippen molar-refractivity contribution >= 4 is 38.2 Å². The minimum Gasteiger partial charge on any atom is -0.309 e. The Kier molecular flexibility index (Phi) is 3.77. The number of imidazole rings is 1. The van der Waals surface area contributed by atoms with Crippen molar-refractivity contribution in [2.75, 3.05) is 0 Å². The molecule has 4 rings (SSSR count). The fourth-order valence-electron chi connectivity index (χ4n) is 3.01. The minimum absolute atomic E-state index is 0.0409. The Balaban J connectivity index is 1.90. The van der Waals surface area contributed by atoms with Crippen molar-refractivity contribution in [2.24, 2.45) is 0 Å². The van der Waals surface area contributed by atoms with E-state index in [1.165, 1.54) is 0 Å². The molecule has 6 nitrogen and oxygen atoms in total. The summed E-state index contributed by atoms with van der Waals surface area (Å²) in [5.41, 5.74) is 2.36. The third-order valence-electron chi connectivity index (χ3n) is 4.14. The van der Waals surface area contributed by atoms with Crippen LogP contribution >= 0.6 is 11.6 Å². The van der Waals surface area contributed by atoms with E-state index < -0.39 is 9.84 Å². The Bertz CT molecular complexity index is 1180. The predicted molar refractivity (Wildman–Crippen MR) is 96.5 cm³/mol. The van der Waals surface area contributed by atoms with Gasteiger partial charge in [-0.1, -0.05) is 35.9 Å². The summed E-state index contributed by atoms with van der Waals surface area (Å²) in [5.74, 6) is 0.370. The Labute approximate surface area is 149 Å². The van der Waals surface area contributed by atoms with Crippen LogP contribution in [-0.2, 0) is 22.1 Å². The van der Waals surface area contributed by atoms with Gasteiger partial charge in [-0.3, -0.25) is 0 Å². The van der Waals surface area contributed by atoms with Crippen molar-refractivity contribution in [1.29, 1.82) is 0 Å². The van der Waals surface area contributed by atoms with E-state index in [1.807, 2.05) is 35.8 Å². The average molecular weight is 375 g/mol. The van der Waals surface area contributed by atoms with Gasteiger partial charge in [-0.15, -0.1) is 10.2 Å². The third kappa shape index (κ3) is 2.60. The molecule has 0 atom stereocenters. The highest BCUT2D eigenvalue weighted by molar-refractivity contribution is 7.90. The zero-order valence-electron chi connectivity index (χ0n) is 13.4. The molecule has 8 heteroatoms. The largest absolute Gasteiger partial charge is 0.309 e. The first-order chi connectivity index (χ1) is 12.0. The van der Waals surface area contributed by atoms with Gasteiger partial charge in [0.2, 0.25) is 15.6 Å². The predicted octanol–water partition coefficient (Wildman–Crippen LogP) is 3.33. The van der Waals surface area contributed by atoms with Gasteiger partial charge < -0.3 is 4.57 Å². The summed E-state index contributed by atoms with van der Waals surface area (Å²) in [6.07, 6.45) is 0. The topological polar surface area (TPSA) is 69.3 Å². The molecule has 0 spiro atoms. The van der Waals surface area contributed by atoms with Gasteiger partial charge in [0.1, 0.15) is 0 Å². The minimum atomic E-state index is -3.66. The van der Waals surface area contributed by atoms with Crippen molar-refractivity contribution in [2.45, 2.75) is 24.4 Å². The van der Waals surface area contributed by atoms with Gasteiger partial charge in [0.15, 0.2) is 0 Å². The molecule has 4 aromatic rings. The number of benzene rings is 2. The van der Waals surface area contributed by atoms with Crippen LogP contribution in [0.2, 0.25) is 5.02 Å². The molecule has 0 saturated carbocycles. The molecule has 2 heterocycles. The fraction of sp³-hybridized carbons (Fsp3) is 0.176. The number of halogens is 1. The molecule has 0 fully saturated rings. The van der Waals surface area contributed by atoms with Crippen LogP contribution in [0.25, 0.3) is 16.8 Å². The first kappa shape index (κ1) is 16.1. The summed E-state index contributed by atoms with van der Waals surface area (Å²) in [4.78, 5) is 0. The van der Waals surface area contributed by atoms with E-state index in [0.29, 0.717) is 22.9 Å². The van der Waals surface area contributed by atoms with Crippen LogP contribution in [0.4, 0.5) is 0 Å². The standard InChI is InChI=1S/C17H15ClN4O2S/c1-2-21-14-5-3-4-6-15(14)22-16(21)19-20-17(22)25(23,24)11-12-7-9-13(18)10-8-12/h3-10H,2,11H2,1H3. The maximum Gasteiger partial charge on any atom is 0.256 e. The molecule has 0 N–H and O–H groups in total. The van der Waals surface area contributed by atoms with E-state index in [1.54, 1.807) is 28.7 Å². The Morgan fingerprint density at radius 1 is 1.00 bits per heavy atom. The van der Waals surface area contributed by atoms with Crippen molar-refractivity contribution in [1.82, 2.24) is 19.2 Å². The van der Waals surface area contributed by atoms with Crippen LogP contribution in [0.5, 0.6) is 0 Å². The molecule has 0 aliphatic rings. The average Bonchev–Trinajstić information content (AvgIpc) is 3.15. The second-order valence-electron chi connectivity index (χ2n) is 5.74. The molecule has 25 heavy (non-hydrogen) atoms. The van der Waals surface area contributed by atoms with Gasteiger partial charge in [0, 0.05) is 11.6 Å². The molecular formula is C17H15ClN4O2S. The summed E-state index contributed by atoms with van der Waals surface area (Å²) in [5, 5.41) is 8.63. The zero-order valence-corrected chi connectivity index (χ0v) is 15.0. The molecule has 0 saturated heterocycles. The number of para-hydroxylation sites is 2. The molecule has 0 aliphatic heterocycles. The molecule has 2 aromatic carbocycles. The maximum absolute atomic E-state index is 12.9. The highest BCUT2D eigenvalue weighted by Gasteiger charge is 2.26. The molecule has 0 amide bonds. The molecular weight excluding hydrogens is 360 g/mol. The van der Waals surface area contributed by atoms with E-state index in [2.05, 4.69) is 10.2 Å². The summed E-state index contributed by atoms with van der Waals surface area (Å²) >= 11 is 5.87. The van der Waals surface area contributed by atoms with E-state index in [4.69, 9.17) is 11.6 Å². The number of hydrogen-bond donors (Lipinski definition) is 0. The van der Waals surface area contributed by atoms with Crippen LogP contribution in [0.15, 0.2) is 53.7 Å². The third-order valence-corrected chi connectivity index (χ3v) is 5.92. The lowest BCUT2D eigenvalue weighted by Gasteiger charge is -2.03. The normalized spacial score (nSPS) is 12.2. The van der Waals surface area contributed by atoms with Gasteiger partial charge in [-0.25, -0.2) is 12.8 Å². The highest BCUT2D eigenvalue weighted by atomic mass is 35.5. The van der Waals surface area contributed by atoms with Gasteiger partial charge in [0.25, 0.3) is 5.16 Å². The lowest BCUT2D eigenvalue weighted by molar-refractivity contribution is 0.585. The first-order valence-electron chi connectivity index (χ1n) is 7.81. The second kappa shape index (κ2) is 5.86. The summed E-state index contributed by atoms with van der Waals surface area (Å²) < 4.78 is 29.4. The van der Waals surface area contributed by atoms with Gasteiger partial charge >= 0.3 is 0 Å². The molecule has 2 aromatic heterocycles. The molecule has 0 unspecified atom stereocenters. The lowest BCUT2D eigenvalue weighted by Crippen LogP contribution is -2.09. The molecule has 0 radical (unpaired) electrons. The van der Waals surface area contributed by atoms with Crippen LogP contribution in [-0.4, -0.2) is 27.6 Å². The summed E-state index contributed by atoms with van der Waals surface area (Å²) in [7, 11) is -3.66. The van der Waals surface area contributed by atoms with Gasteiger partial charge in [0.05, 0.1) is 16.8 Å². The van der Waals surface area contributed by atoms with E-state index in [-0.39, 0.29) is 10.9 Å². The van der Waals surface area contributed by atoms with Crippen LogP contribution in [0, 0.1) is 0 Å². The number of fused-ring (bicyclic) bond motifs is 3. The van der Waals surface area contributed by atoms with Crippen molar-refractivity contribution < 1.29 is 8.42 Å². The van der Waals surface area contributed by atoms with Crippen molar-refractivity contribution in [3.8, 4) is 0 Å². The van der Waals surface area contributed by atoms with Gasteiger partial charge in [-0.2, -0.15) is 0 Å². The Hall–Kier alpha value is -2.38. The molecule has 0 aliphatic carbocycles. The lowest BCUT2D eigenvalue weighted by atomic mass is 10.2. The number of sulfone groups is 1. The van der Waals surface area contributed by atoms with Crippen LogP contribution in [0.1, 0.15) is 12.5 Å². The SMILES string of the molecule is CCn1c2ccccc2n2c(S(=O)(=O)Cc3ccc(Cl)cc3)nnc12. The maximum atomic E-state index is 12.9. The number of rotatable bonds is 4. The fourth-order valence-corrected chi connectivity index (χ4v) is 4.52. The summed E-state index contributed by atoms with van der Waals surface area (Å²) in [6.45, 7) is 2.66. The number of hydrogen-bond acceptors (Lipinski definition) is 4. The Morgan fingerprint density at radius 3 is 2.36 bits per heavy atom. The number of aromatic nitrogens is 4. The monoisotopic (exact) mass is 374 g/mol.